The number of esters is 1. The summed E-state index contributed by atoms with van der Waals surface area (Å²) < 4.78 is 22.6. The van der Waals surface area contributed by atoms with Crippen molar-refractivity contribution in [2.45, 2.75) is 12.5 Å². The predicted molar refractivity (Wildman–Crippen MR) is 70.6 cm³/mol. The van der Waals surface area contributed by atoms with Gasteiger partial charge in [-0.15, -0.1) is 0 Å². The molecule has 3 rings (SSSR count). The summed E-state index contributed by atoms with van der Waals surface area (Å²) in [5.41, 5.74) is 0. The number of rotatable bonds is 5. The topological polar surface area (TPSA) is 57.2 Å². The van der Waals surface area contributed by atoms with Gasteiger partial charge in [-0.05, 0) is 6.42 Å². The molecule has 19 heavy (non-hydrogen) atoms. The molecule has 6 nitrogen and oxygen atoms in total. The van der Waals surface area contributed by atoms with Crippen LogP contribution in [0.25, 0.3) is 0 Å². The van der Waals surface area contributed by atoms with Crippen molar-refractivity contribution >= 4 is 14.8 Å². The van der Waals surface area contributed by atoms with Crippen LogP contribution in [0, 0.1) is 0 Å². The van der Waals surface area contributed by atoms with Gasteiger partial charge in [0.15, 0.2) is 0 Å². The van der Waals surface area contributed by atoms with Gasteiger partial charge in [-0.2, -0.15) is 0 Å². The van der Waals surface area contributed by atoms with Gasteiger partial charge in [0.2, 0.25) is 0 Å². The number of carbonyl (C=O) groups is 1. The van der Waals surface area contributed by atoms with E-state index in [4.69, 9.17) is 18.0 Å². The van der Waals surface area contributed by atoms with Crippen LogP contribution < -0.4 is 0 Å². The number of nitrogens with zero attached hydrogens (tertiary/aromatic N) is 1. The van der Waals surface area contributed by atoms with Crippen LogP contribution in [0.3, 0.4) is 0 Å². The van der Waals surface area contributed by atoms with Crippen molar-refractivity contribution in [2.24, 2.45) is 0 Å². The number of fused-ring (bicyclic) bond motifs is 6. The van der Waals surface area contributed by atoms with Crippen molar-refractivity contribution in [1.29, 1.82) is 0 Å². The molecular formula is C12H21NO5Si. The zero-order valence-corrected chi connectivity index (χ0v) is 12.1. The summed E-state index contributed by atoms with van der Waals surface area (Å²) in [4.78, 5) is 13.2. The number of carbonyl (C=O) groups excluding carboxylic acids is 1. The highest BCUT2D eigenvalue weighted by atomic mass is 28.4. The molecule has 3 aliphatic rings. The SMILES string of the molecule is C=CC(=O)OCCC[Si]12OCCN(CCO1)CCO2. The first-order valence-electron chi connectivity index (χ1n) is 6.67. The Morgan fingerprint density at radius 1 is 1.21 bits per heavy atom. The lowest BCUT2D eigenvalue weighted by Crippen LogP contribution is -2.55. The summed E-state index contributed by atoms with van der Waals surface area (Å²) in [6, 6.07) is 0.692. The second kappa shape index (κ2) is 7.16. The average molecular weight is 287 g/mol. The average Bonchev–Trinajstić information content (AvgIpc) is 2.34. The Bertz CT molecular complexity index is 299. The maximum Gasteiger partial charge on any atom is 0.501 e. The Labute approximate surface area is 114 Å². The van der Waals surface area contributed by atoms with E-state index in [1.54, 1.807) is 0 Å². The lowest BCUT2D eigenvalue weighted by Gasteiger charge is -2.38. The lowest BCUT2D eigenvalue weighted by molar-refractivity contribution is -0.137. The van der Waals surface area contributed by atoms with E-state index in [2.05, 4.69) is 11.5 Å². The molecule has 0 amide bonds. The van der Waals surface area contributed by atoms with Crippen molar-refractivity contribution in [1.82, 2.24) is 4.90 Å². The molecule has 0 aromatic heterocycles. The first-order chi connectivity index (χ1) is 9.24. The van der Waals surface area contributed by atoms with E-state index in [-0.39, 0.29) is 0 Å². The van der Waals surface area contributed by atoms with E-state index in [9.17, 15) is 4.79 Å². The minimum Gasteiger partial charge on any atom is -0.463 e. The van der Waals surface area contributed by atoms with Crippen LogP contribution in [0.1, 0.15) is 6.42 Å². The van der Waals surface area contributed by atoms with Gasteiger partial charge in [0.1, 0.15) is 0 Å². The quantitative estimate of drug-likeness (QED) is 0.316. The van der Waals surface area contributed by atoms with Crippen molar-refractivity contribution in [2.75, 3.05) is 46.1 Å². The highest BCUT2D eigenvalue weighted by Gasteiger charge is 2.43. The van der Waals surface area contributed by atoms with Crippen LogP contribution in [0.2, 0.25) is 6.04 Å². The minimum atomic E-state index is -2.55. The zero-order valence-electron chi connectivity index (χ0n) is 11.1. The largest absolute Gasteiger partial charge is 0.501 e. The van der Waals surface area contributed by atoms with Gasteiger partial charge in [-0.3, -0.25) is 4.90 Å². The molecule has 108 valence electrons. The van der Waals surface area contributed by atoms with Gasteiger partial charge in [0, 0.05) is 31.8 Å². The molecule has 0 aliphatic carbocycles. The molecule has 3 heterocycles. The van der Waals surface area contributed by atoms with Gasteiger partial charge in [0.25, 0.3) is 0 Å². The van der Waals surface area contributed by atoms with E-state index in [1.165, 1.54) is 6.08 Å². The van der Waals surface area contributed by atoms with Crippen molar-refractivity contribution in [3.63, 3.8) is 0 Å². The molecule has 0 aromatic carbocycles. The van der Waals surface area contributed by atoms with E-state index in [0.29, 0.717) is 38.9 Å². The van der Waals surface area contributed by atoms with E-state index < -0.39 is 14.8 Å². The fourth-order valence-electron chi connectivity index (χ4n) is 2.19. The fourth-order valence-corrected chi connectivity index (χ4v) is 4.66. The Morgan fingerprint density at radius 2 is 1.79 bits per heavy atom. The lowest BCUT2D eigenvalue weighted by atomic mass is 10.4. The maximum atomic E-state index is 10.9. The molecule has 0 radical (unpaired) electrons. The second-order valence-electron chi connectivity index (χ2n) is 4.55. The molecule has 0 aromatic rings. The highest BCUT2D eigenvalue weighted by Crippen LogP contribution is 2.21. The third kappa shape index (κ3) is 4.39. The van der Waals surface area contributed by atoms with Gasteiger partial charge in [0.05, 0.1) is 26.4 Å². The first-order valence-corrected chi connectivity index (χ1v) is 8.61. The van der Waals surface area contributed by atoms with Crippen LogP contribution in [0.15, 0.2) is 12.7 Å². The summed E-state index contributed by atoms with van der Waals surface area (Å²) in [6.45, 7) is 8.47. The molecule has 3 saturated heterocycles. The minimum absolute atomic E-state index is 0.349. The molecule has 0 saturated carbocycles. The van der Waals surface area contributed by atoms with E-state index in [0.717, 1.165) is 19.6 Å². The number of hydrogen-bond acceptors (Lipinski definition) is 6. The van der Waals surface area contributed by atoms with Crippen LogP contribution in [0.5, 0.6) is 0 Å². The van der Waals surface area contributed by atoms with Gasteiger partial charge >= 0.3 is 14.8 Å². The molecule has 0 atom stereocenters. The molecule has 0 unspecified atom stereocenters. The summed E-state index contributed by atoms with van der Waals surface area (Å²) >= 11 is 0. The molecule has 7 heteroatoms. The Morgan fingerprint density at radius 3 is 2.32 bits per heavy atom. The zero-order chi connectivity index (χ0) is 13.6. The molecular weight excluding hydrogens is 266 g/mol. The van der Waals surface area contributed by atoms with Crippen LogP contribution in [-0.4, -0.2) is 65.7 Å². The highest BCUT2D eigenvalue weighted by molar-refractivity contribution is 6.60. The van der Waals surface area contributed by atoms with Crippen LogP contribution in [-0.2, 0) is 22.8 Å². The third-order valence-electron chi connectivity index (χ3n) is 3.23. The van der Waals surface area contributed by atoms with Crippen molar-refractivity contribution in [3.8, 4) is 0 Å². The van der Waals surface area contributed by atoms with Crippen molar-refractivity contribution < 1.29 is 22.8 Å². The molecule has 0 N–H and O–H groups in total. The molecule has 0 spiro atoms. The number of ether oxygens (including phenoxy) is 1. The maximum absolute atomic E-state index is 10.9. The van der Waals surface area contributed by atoms with Gasteiger partial charge in [-0.1, -0.05) is 6.58 Å². The van der Waals surface area contributed by atoms with Crippen LogP contribution in [0.4, 0.5) is 0 Å². The summed E-state index contributed by atoms with van der Waals surface area (Å²) in [7, 11) is -2.55. The molecule has 2 bridgehead atoms. The van der Waals surface area contributed by atoms with Gasteiger partial charge < -0.3 is 18.0 Å². The Kier molecular flexibility index (Phi) is 5.53. The standard InChI is InChI=1S/C12H21NO5Si/c1-2-12(14)15-7-3-11-19-16-8-4-13(5-9-17-19)6-10-18-19/h2H,1,3-11H2. The molecule has 3 fully saturated rings. The summed E-state index contributed by atoms with van der Waals surface area (Å²) in [5, 5.41) is 0. The first kappa shape index (κ1) is 14.7. The van der Waals surface area contributed by atoms with Crippen molar-refractivity contribution in [3.05, 3.63) is 12.7 Å². The Hall–Kier alpha value is -0.733. The number of hydrogen-bond donors (Lipinski definition) is 0. The third-order valence-corrected chi connectivity index (χ3v) is 6.12. The Balaban J connectivity index is 1.81. The van der Waals surface area contributed by atoms with E-state index in [1.807, 2.05) is 0 Å². The second-order valence-corrected chi connectivity index (χ2v) is 7.28. The normalized spacial score (nSPS) is 31.1. The smallest absolute Gasteiger partial charge is 0.463 e. The molecule has 3 aliphatic heterocycles. The fraction of sp³-hybridized carbons (Fsp3) is 0.750. The van der Waals surface area contributed by atoms with Crippen LogP contribution >= 0.6 is 0 Å². The van der Waals surface area contributed by atoms with E-state index >= 15 is 0 Å². The monoisotopic (exact) mass is 287 g/mol. The van der Waals surface area contributed by atoms with Gasteiger partial charge in [-0.25, -0.2) is 4.79 Å². The predicted octanol–water partition coefficient (Wildman–Crippen LogP) is 0.424. The summed E-state index contributed by atoms with van der Waals surface area (Å²) in [6.07, 6.45) is 1.86. The summed E-state index contributed by atoms with van der Waals surface area (Å²) in [5.74, 6) is -0.395.